The summed E-state index contributed by atoms with van der Waals surface area (Å²) < 4.78 is 29.1. The number of nitrogens with zero attached hydrogens (tertiary/aromatic N) is 1. The number of sulfone groups is 1. The summed E-state index contributed by atoms with van der Waals surface area (Å²) in [6.45, 7) is 1.81. The maximum absolute atomic E-state index is 11.8. The van der Waals surface area contributed by atoms with Crippen LogP contribution in [0, 0.1) is 0 Å². The van der Waals surface area contributed by atoms with Crippen LogP contribution in [0.2, 0.25) is 0 Å². The van der Waals surface area contributed by atoms with Crippen LogP contribution in [-0.4, -0.2) is 24.4 Å². The minimum absolute atomic E-state index is 0.209. The van der Waals surface area contributed by atoms with Gasteiger partial charge in [0.2, 0.25) is 0 Å². The maximum Gasteiger partial charge on any atom is 0.195 e. The summed E-state index contributed by atoms with van der Waals surface area (Å²) in [5.74, 6) is 1.37. The highest BCUT2D eigenvalue weighted by Gasteiger charge is 2.30. The first-order valence-corrected chi connectivity index (χ1v) is 7.62. The number of hydrogen-bond donors (Lipinski definition) is 1. The predicted octanol–water partition coefficient (Wildman–Crippen LogP) is 1.20. The monoisotopic (exact) mass is 258 g/mol. The Morgan fingerprint density at radius 3 is 2.94 bits per heavy atom. The molecule has 1 saturated heterocycles. The van der Waals surface area contributed by atoms with E-state index >= 15 is 0 Å². The SMILES string of the molecule is CC(N)c1cnc(CC2CCCCS2(=O)=O)o1. The second-order valence-corrected chi connectivity index (χ2v) is 7.03. The molecule has 0 spiro atoms. The second kappa shape index (κ2) is 4.78. The molecule has 0 aliphatic carbocycles. The van der Waals surface area contributed by atoms with E-state index in [1.807, 2.05) is 6.92 Å². The Morgan fingerprint density at radius 1 is 1.59 bits per heavy atom. The van der Waals surface area contributed by atoms with E-state index in [0.29, 0.717) is 30.2 Å². The number of nitrogens with two attached hydrogens (primary N) is 1. The number of rotatable bonds is 3. The second-order valence-electron chi connectivity index (χ2n) is 4.63. The van der Waals surface area contributed by atoms with Crippen molar-refractivity contribution in [1.82, 2.24) is 4.98 Å². The van der Waals surface area contributed by atoms with Gasteiger partial charge in [-0.3, -0.25) is 0 Å². The first-order chi connectivity index (χ1) is 7.99. The average molecular weight is 258 g/mol. The smallest absolute Gasteiger partial charge is 0.195 e. The molecule has 6 heteroatoms. The normalized spacial score (nSPS) is 25.6. The van der Waals surface area contributed by atoms with Crippen molar-refractivity contribution in [1.29, 1.82) is 0 Å². The van der Waals surface area contributed by atoms with Crippen molar-refractivity contribution in [2.24, 2.45) is 5.73 Å². The van der Waals surface area contributed by atoms with Crippen molar-refractivity contribution >= 4 is 9.84 Å². The van der Waals surface area contributed by atoms with Gasteiger partial charge in [-0.1, -0.05) is 6.42 Å². The molecule has 1 aromatic heterocycles. The molecule has 2 unspecified atom stereocenters. The lowest BCUT2D eigenvalue weighted by molar-refractivity contribution is 0.422. The molecular formula is C11H18N2O3S. The van der Waals surface area contributed by atoms with E-state index in [-0.39, 0.29) is 11.3 Å². The molecule has 0 radical (unpaired) electrons. The van der Waals surface area contributed by atoms with Crippen LogP contribution in [0.4, 0.5) is 0 Å². The van der Waals surface area contributed by atoms with E-state index < -0.39 is 9.84 Å². The third kappa shape index (κ3) is 2.87. The lowest BCUT2D eigenvalue weighted by atomic mass is 10.1. The highest BCUT2D eigenvalue weighted by atomic mass is 32.2. The Morgan fingerprint density at radius 2 is 2.35 bits per heavy atom. The average Bonchev–Trinajstić information content (AvgIpc) is 2.70. The predicted molar refractivity (Wildman–Crippen MR) is 64.2 cm³/mol. The summed E-state index contributed by atoms with van der Waals surface area (Å²) in [4.78, 5) is 4.09. The molecule has 1 aromatic rings. The van der Waals surface area contributed by atoms with Crippen LogP contribution in [0.15, 0.2) is 10.6 Å². The van der Waals surface area contributed by atoms with Gasteiger partial charge >= 0.3 is 0 Å². The van der Waals surface area contributed by atoms with Gasteiger partial charge < -0.3 is 10.2 Å². The largest absolute Gasteiger partial charge is 0.444 e. The van der Waals surface area contributed by atoms with E-state index in [9.17, 15) is 8.42 Å². The molecule has 1 fully saturated rings. The Bertz CT molecular complexity index is 479. The lowest BCUT2D eigenvalue weighted by Crippen LogP contribution is -2.30. The summed E-state index contributed by atoms with van der Waals surface area (Å²) in [6.07, 6.45) is 4.39. The van der Waals surface area contributed by atoms with Gasteiger partial charge in [0.15, 0.2) is 15.7 Å². The Labute approximate surface area is 101 Å². The summed E-state index contributed by atoms with van der Waals surface area (Å²) in [6, 6.07) is -0.209. The minimum Gasteiger partial charge on any atom is -0.444 e. The molecule has 0 saturated carbocycles. The first-order valence-electron chi connectivity index (χ1n) is 5.91. The zero-order valence-corrected chi connectivity index (χ0v) is 10.7. The summed E-state index contributed by atoms with van der Waals surface area (Å²) in [5.41, 5.74) is 5.66. The van der Waals surface area contributed by atoms with E-state index in [2.05, 4.69) is 4.98 Å². The summed E-state index contributed by atoms with van der Waals surface area (Å²) in [7, 11) is -2.96. The number of hydrogen-bond acceptors (Lipinski definition) is 5. The molecular weight excluding hydrogens is 240 g/mol. The van der Waals surface area contributed by atoms with Crippen molar-refractivity contribution in [3.8, 4) is 0 Å². The standard InChI is InChI=1S/C11H18N2O3S/c1-8(12)10-7-13-11(16-10)6-9-4-2-3-5-17(9,14)15/h7-9H,2-6,12H2,1H3. The lowest BCUT2D eigenvalue weighted by Gasteiger charge is -2.20. The highest BCUT2D eigenvalue weighted by Crippen LogP contribution is 2.23. The van der Waals surface area contributed by atoms with Crippen molar-refractivity contribution in [2.45, 2.75) is 43.9 Å². The molecule has 17 heavy (non-hydrogen) atoms. The molecule has 96 valence electrons. The molecule has 5 nitrogen and oxygen atoms in total. The van der Waals surface area contributed by atoms with Gasteiger partial charge in [0.1, 0.15) is 5.76 Å². The van der Waals surface area contributed by atoms with Crippen LogP contribution in [0.5, 0.6) is 0 Å². The van der Waals surface area contributed by atoms with Crippen LogP contribution in [0.25, 0.3) is 0 Å². The first kappa shape index (κ1) is 12.6. The van der Waals surface area contributed by atoms with Gasteiger partial charge in [-0.05, 0) is 19.8 Å². The van der Waals surface area contributed by atoms with Gasteiger partial charge in [-0.2, -0.15) is 0 Å². The van der Waals surface area contributed by atoms with Crippen LogP contribution < -0.4 is 5.73 Å². The Balaban J connectivity index is 2.09. The van der Waals surface area contributed by atoms with Gasteiger partial charge in [0.25, 0.3) is 0 Å². The maximum atomic E-state index is 11.8. The molecule has 0 aromatic carbocycles. The van der Waals surface area contributed by atoms with E-state index in [4.69, 9.17) is 10.2 Å². The van der Waals surface area contributed by atoms with Gasteiger partial charge in [-0.25, -0.2) is 13.4 Å². The van der Waals surface area contributed by atoms with E-state index in [0.717, 1.165) is 12.8 Å². The van der Waals surface area contributed by atoms with Crippen molar-refractivity contribution in [3.05, 3.63) is 17.8 Å². The van der Waals surface area contributed by atoms with Gasteiger partial charge in [0, 0.05) is 6.42 Å². The van der Waals surface area contributed by atoms with Crippen LogP contribution >= 0.6 is 0 Å². The Hall–Kier alpha value is -0.880. The van der Waals surface area contributed by atoms with Crippen molar-refractivity contribution in [3.63, 3.8) is 0 Å². The Kier molecular flexibility index (Phi) is 3.53. The number of aromatic nitrogens is 1. The molecule has 2 rings (SSSR count). The van der Waals surface area contributed by atoms with Gasteiger partial charge in [0.05, 0.1) is 23.2 Å². The minimum atomic E-state index is -2.96. The fraction of sp³-hybridized carbons (Fsp3) is 0.727. The third-order valence-electron chi connectivity index (χ3n) is 3.14. The zero-order chi connectivity index (χ0) is 12.5. The number of oxazole rings is 1. The van der Waals surface area contributed by atoms with Crippen molar-refractivity contribution < 1.29 is 12.8 Å². The zero-order valence-electron chi connectivity index (χ0n) is 9.93. The molecule has 1 aliphatic rings. The molecule has 2 N–H and O–H groups in total. The molecule has 1 aliphatic heterocycles. The fourth-order valence-corrected chi connectivity index (χ4v) is 3.94. The quantitative estimate of drug-likeness (QED) is 0.880. The topological polar surface area (TPSA) is 86.2 Å². The van der Waals surface area contributed by atoms with Gasteiger partial charge in [-0.15, -0.1) is 0 Å². The molecule has 2 heterocycles. The molecule has 2 atom stereocenters. The van der Waals surface area contributed by atoms with Crippen molar-refractivity contribution in [2.75, 3.05) is 5.75 Å². The van der Waals surface area contributed by atoms with E-state index in [1.165, 1.54) is 0 Å². The van der Waals surface area contributed by atoms with E-state index in [1.54, 1.807) is 6.20 Å². The summed E-state index contributed by atoms with van der Waals surface area (Å²) in [5, 5.41) is -0.337. The molecule has 0 bridgehead atoms. The summed E-state index contributed by atoms with van der Waals surface area (Å²) >= 11 is 0. The van der Waals surface area contributed by atoms with Crippen LogP contribution in [0.3, 0.4) is 0 Å². The highest BCUT2D eigenvalue weighted by molar-refractivity contribution is 7.92. The van der Waals surface area contributed by atoms with Crippen LogP contribution in [-0.2, 0) is 16.3 Å². The van der Waals surface area contributed by atoms with Crippen LogP contribution in [0.1, 0.15) is 43.9 Å². The fourth-order valence-electron chi connectivity index (χ4n) is 2.07. The molecule has 0 amide bonds. The third-order valence-corrected chi connectivity index (χ3v) is 5.41.